The Bertz CT molecular complexity index is 1200. The second kappa shape index (κ2) is 9.46. The summed E-state index contributed by atoms with van der Waals surface area (Å²) < 4.78 is 6.17. The quantitative estimate of drug-likeness (QED) is 0.412. The molecule has 2 aromatic carbocycles. The van der Waals surface area contributed by atoms with Crippen LogP contribution in [0.4, 0.5) is 5.69 Å². The molecule has 0 spiro atoms. The zero-order valence-electron chi connectivity index (χ0n) is 19.2. The number of rotatable bonds is 8. The molecule has 0 fully saturated rings. The van der Waals surface area contributed by atoms with Gasteiger partial charge in [0.2, 0.25) is 0 Å². The topological polar surface area (TPSA) is 135 Å². The molecule has 174 valence electrons. The number of aliphatic hydroxyl groups excluding tert-OH is 1. The summed E-state index contributed by atoms with van der Waals surface area (Å²) in [5.41, 5.74) is 8.53. The number of ether oxygens (including phenoxy) is 1. The minimum absolute atomic E-state index is 0.0421. The number of aryl methyl sites for hydroxylation is 2. The molecule has 0 atom stereocenters. The van der Waals surface area contributed by atoms with Gasteiger partial charge in [-0.25, -0.2) is 4.79 Å². The molecule has 0 unspecified atom stereocenters. The first-order valence-corrected chi connectivity index (χ1v) is 10.7. The molecule has 3 rings (SSSR count). The molecule has 0 aliphatic heterocycles. The van der Waals surface area contributed by atoms with Crippen molar-refractivity contribution in [3.05, 3.63) is 64.3 Å². The highest BCUT2D eigenvalue weighted by Gasteiger charge is 2.25. The molecule has 1 heterocycles. The van der Waals surface area contributed by atoms with Gasteiger partial charge in [0.05, 0.1) is 34.4 Å². The van der Waals surface area contributed by atoms with Gasteiger partial charge in [-0.3, -0.25) is 9.78 Å². The number of aromatic nitrogens is 1. The summed E-state index contributed by atoms with van der Waals surface area (Å²) in [6, 6.07) is 10.4. The van der Waals surface area contributed by atoms with Crippen LogP contribution in [0.25, 0.3) is 10.9 Å². The van der Waals surface area contributed by atoms with Gasteiger partial charge >= 0.3 is 5.97 Å². The normalized spacial score (nSPS) is 11.4. The van der Waals surface area contributed by atoms with Crippen LogP contribution in [0.2, 0.25) is 0 Å². The second-order valence-corrected chi connectivity index (χ2v) is 8.57. The molecule has 0 radical (unpaired) electrons. The lowest BCUT2D eigenvalue weighted by molar-refractivity contribution is 0.0696. The van der Waals surface area contributed by atoms with Crippen molar-refractivity contribution in [3.63, 3.8) is 0 Å². The average molecular weight is 452 g/mol. The molecule has 8 heteroatoms. The number of hydrogen-bond acceptors (Lipinski definition) is 6. The van der Waals surface area contributed by atoms with E-state index in [1.165, 1.54) is 0 Å². The minimum atomic E-state index is -1.15. The number of nitrogens with zero attached hydrogens (tertiary/aromatic N) is 1. The zero-order valence-corrected chi connectivity index (χ0v) is 19.2. The van der Waals surface area contributed by atoms with Crippen LogP contribution in [0.15, 0.2) is 36.4 Å². The number of nitrogen functional groups attached to an aromatic ring is 1. The van der Waals surface area contributed by atoms with Gasteiger partial charge in [0.25, 0.3) is 5.91 Å². The van der Waals surface area contributed by atoms with Crippen LogP contribution in [-0.4, -0.2) is 39.2 Å². The van der Waals surface area contributed by atoms with Gasteiger partial charge in [-0.15, -0.1) is 0 Å². The smallest absolute Gasteiger partial charge is 0.339 e. The van der Waals surface area contributed by atoms with Crippen molar-refractivity contribution in [1.82, 2.24) is 10.3 Å². The maximum absolute atomic E-state index is 12.7. The van der Waals surface area contributed by atoms with Crippen molar-refractivity contribution >= 4 is 28.5 Å². The van der Waals surface area contributed by atoms with E-state index >= 15 is 0 Å². The SMILES string of the molecule is CCc1ccc2nc(C)c(C(=O)O)c(N)c2c1OCC(C)(C)NC(=O)c1ccc(CO)cc1. The largest absolute Gasteiger partial charge is 0.490 e. The fourth-order valence-corrected chi connectivity index (χ4v) is 3.67. The first-order valence-electron chi connectivity index (χ1n) is 10.7. The summed E-state index contributed by atoms with van der Waals surface area (Å²) >= 11 is 0. The van der Waals surface area contributed by atoms with Crippen molar-refractivity contribution in [2.24, 2.45) is 0 Å². The highest BCUT2D eigenvalue weighted by Crippen LogP contribution is 2.37. The number of anilines is 1. The average Bonchev–Trinajstić information content (AvgIpc) is 2.76. The van der Waals surface area contributed by atoms with E-state index in [0.717, 1.165) is 11.1 Å². The number of aliphatic hydroxyl groups is 1. The molecule has 0 saturated carbocycles. The van der Waals surface area contributed by atoms with Crippen molar-refractivity contribution in [2.45, 2.75) is 46.3 Å². The molecular formula is C25H29N3O5. The number of carboxylic acid groups (broad SMARTS) is 1. The number of hydrogen-bond donors (Lipinski definition) is 4. The number of carboxylic acids is 1. The Morgan fingerprint density at radius 2 is 1.82 bits per heavy atom. The number of carbonyl (C=O) groups is 2. The van der Waals surface area contributed by atoms with Crippen molar-refractivity contribution in [1.29, 1.82) is 0 Å². The summed E-state index contributed by atoms with van der Waals surface area (Å²) in [5, 5.41) is 22.2. The van der Waals surface area contributed by atoms with E-state index < -0.39 is 11.5 Å². The fourth-order valence-electron chi connectivity index (χ4n) is 3.67. The van der Waals surface area contributed by atoms with Crippen LogP contribution in [0, 0.1) is 6.92 Å². The number of nitrogens with two attached hydrogens (primary N) is 1. The second-order valence-electron chi connectivity index (χ2n) is 8.57. The highest BCUT2D eigenvalue weighted by molar-refractivity contribution is 6.07. The van der Waals surface area contributed by atoms with E-state index in [0.29, 0.717) is 34.3 Å². The molecule has 1 aromatic heterocycles. The van der Waals surface area contributed by atoms with Crippen molar-refractivity contribution in [2.75, 3.05) is 12.3 Å². The molecule has 5 N–H and O–H groups in total. The van der Waals surface area contributed by atoms with Gasteiger partial charge in [-0.1, -0.05) is 25.1 Å². The summed E-state index contributed by atoms with van der Waals surface area (Å²) in [5.74, 6) is -0.948. The van der Waals surface area contributed by atoms with Crippen LogP contribution in [0.5, 0.6) is 5.75 Å². The Morgan fingerprint density at radius 3 is 2.39 bits per heavy atom. The molecule has 0 bridgehead atoms. The molecule has 3 aromatic rings. The summed E-state index contributed by atoms with van der Waals surface area (Å²) in [6.45, 7) is 7.27. The van der Waals surface area contributed by atoms with Gasteiger partial charge < -0.3 is 26.0 Å². The first-order chi connectivity index (χ1) is 15.6. The van der Waals surface area contributed by atoms with E-state index in [1.807, 2.05) is 26.8 Å². The molecule has 0 aliphatic carbocycles. The Labute approximate surface area is 192 Å². The molecular weight excluding hydrogens is 422 g/mol. The lowest BCUT2D eigenvalue weighted by Gasteiger charge is -2.27. The van der Waals surface area contributed by atoms with E-state index in [-0.39, 0.29) is 30.4 Å². The highest BCUT2D eigenvalue weighted by atomic mass is 16.5. The van der Waals surface area contributed by atoms with Crippen LogP contribution in [0.1, 0.15) is 58.3 Å². The van der Waals surface area contributed by atoms with Crippen molar-refractivity contribution < 1.29 is 24.5 Å². The number of carbonyl (C=O) groups excluding carboxylic acids is 1. The first kappa shape index (κ1) is 24.0. The summed E-state index contributed by atoms with van der Waals surface area (Å²) in [6.07, 6.45) is 0.644. The third-order valence-corrected chi connectivity index (χ3v) is 5.43. The molecule has 0 aliphatic rings. The number of pyridine rings is 1. The van der Waals surface area contributed by atoms with E-state index in [4.69, 9.17) is 15.6 Å². The van der Waals surface area contributed by atoms with Gasteiger partial charge in [-0.05, 0) is 56.5 Å². The molecule has 1 amide bonds. The third-order valence-electron chi connectivity index (χ3n) is 5.43. The number of benzene rings is 2. The Kier molecular flexibility index (Phi) is 6.88. The molecule has 8 nitrogen and oxygen atoms in total. The number of amides is 1. The number of fused-ring (bicyclic) bond motifs is 1. The van der Waals surface area contributed by atoms with E-state index in [1.54, 1.807) is 37.3 Å². The summed E-state index contributed by atoms with van der Waals surface area (Å²) in [7, 11) is 0. The van der Waals surface area contributed by atoms with Crippen LogP contribution in [0.3, 0.4) is 0 Å². The molecule has 0 saturated heterocycles. The predicted molar refractivity (Wildman–Crippen MR) is 127 cm³/mol. The zero-order chi connectivity index (χ0) is 24.3. The predicted octanol–water partition coefficient (Wildman–Crippen LogP) is 3.47. The molecule has 33 heavy (non-hydrogen) atoms. The lowest BCUT2D eigenvalue weighted by atomic mass is 10.0. The van der Waals surface area contributed by atoms with Gasteiger partial charge in [0.15, 0.2) is 0 Å². The van der Waals surface area contributed by atoms with Gasteiger partial charge in [-0.2, -0.15) is 0 Å². The summed E-state index contributed by atoms with van der Waals surface area (Å²) in [4.78, 5) is 28.8. The van der Waals surface area contributed by atoms with E-state index in [9.17, 15) is 14.7 Å². The lowest BCUT2D eigenvalue weighted by Crippen LogP contribution is -2.47. The van der Waals surface area contributed by atoms with Gasteiger partial charge in [0.1, 0.15) is 17.9 Å². The van der Waals surface area contributed by atoms with Crippen LogP contribution in [-0.2, 0) is 13.0 Å². The fraction of sp³-hybridized carbons (Fsp3) is 0.320. The van der Waals surface area contributed by atoms with E-state index in [2.05, 4.69) is 10.3 Å². The Hall–Kier alpha value is -3.65. The number of aromatic carboxylic acids is 1. The minimum Gasteiger partial charge on any atom is -0.490 e. The van der Waals surface area contributed by atoms with Gasteiger partial charge in [0, 0.05) is 5.56 Å². The van der Waals surface area contributed by atoms with Crippen LogP contribution >= 0.6 is 0 Å². The Morgan fingerprint density at radius 1 is 1.15 bits per heavy atom. The maximum atomic E-state index is 12.7. The third kappa shape index (κ3) is 5.06. The van der Waals surface area contributed by atoms with Crippen LogP contribution < -0.4 is 15.8 Å². The number of nitrogens with one attached hydrogen (secondary N) is 1. The monoisotopic (exact) mass is 451 g/mol. The Balaban J connectivity index is 1.90. The standard InChI is InChI=1S/C25H29N3O5/c1-5-16-10-11-18-20(21(26)19(24(31)32)14(2)27-18)22(16)33-13-25(3,4)28-23(30)17-8-6-15(12-29)7-9-17/h6-11,29H,5,12-13H2,1-4H3,(H2,26,27)(H,28,30)(H,31,32). The maximum Gasteiger partial charge on any atom is 0.339 e. The van der Waals surface area contributed by atoms with Crippen molar-refractivity contribution in [3.8, 4) is 5.75 Å².